The Bertz CT molecular complexity index is 639. The van der Waals surface area contributed by atoms with E-state index >= 15 is 0 Å². The van der Waals surface area contributed by atoms with Gasteiger partial charge in [0.1, 0.15) is 11.4 Å². The van der Waals surface area contributed by atoms with Crippen LogP contribution < -0.4 is 10.1 Å². The molecule has 1 saturated carbocycles. The highest BCUT2D eigenvalue weighted by Gasteiger charge is 2.47. The normalized spacial score (nSPS) is 24.9. The third-order valence-corrected chi connectivity index (χ3v) is 4.18. The van der Waals surface area contributed by atoms with Crippen LogP contribution in [0.2, 0.25) is 0 Å². The van der Waals surface area contributed by atoms with Gasteiger partial charge in [0.25, 0.3) is 5.69 Å². The summed E-state index contributed by atoms with van der Waals surface area (Å²) in [4.78, 5) is 22.6. The van der Waals surface area contributed by atoms with Crippen LogP contribution in [0, 0.1) is 16.0 Å². The van der Waals surface area contributed by atoms with Gasteiger partial charge in [-0.3, -0.25) is 14.9 Å². The summed E-state index contributed by atoms with van der Waals surface area (Å²) >= 11 is 0. The standard InChI is InChI=1S/C15H18N2O4/c1-15(2)7-8-4-12(17(19)20)10(6-13(8)21-15)9-5-11(9)14(18)16-3/h4,6,9,11H,5,7H2,1-3H3,(H,16,18). The minimum atomic E-state index is -0.361. The number of hydrogen-bond donors (Lipinski definition) is 1. The highest BCUT2D eigenvalue weighted by atomic mass is 16.6. The molecule has 0 saturated heterocycles. The molecule has 1 fully saturated rings. The van der Waals surface area contributed by atoms with Crippen LogP contribution in [-0.2, 0) is 11.2 Å². The molecule has 1 aliphatic carbocycles. The summed E-state index contributed by atoms with van der Waals surface area (Å²) in [5.41, 5.74) is 1.25. The molecule has 6 nitrogen and oxygen atoms in total. The Hall–Kier alpha value is -2.11. The van der Waals surface area contributed by atoms with Gasteiger partial charge >= 0.3 is 0 Å². The zero-order valence-electron chi connectivity index (χ0n) is 12.3. The van der Waals surface area contributed by atoms with Crippen molar-refractivity contribution in [1.82, 2.24) is 5.32 Å². The van der Waals surface area contributed by atoms with Crippen molar-refractivity contribution in [3.63, 3.8) is 0 Å². The SMILES string of the molecule is CNC(=O)C1CC1c1cc2c(cc1[N+](=O)[O-])CC(C)(C)O2. The molecule has 1 aliphatic heterocycles. The van der Waals surface area contributed by atoms with Crippen molar-refractivity contribution >= 4 is 11.6 Å². The number of rotatable bonds is 3. The van der Waals surface area contributed by atoms with Gasteiger partial charge in [-0.1, -0.05) is 0 Å². The van der Waals surface area contributed by atoms with Crippen LogP contribution in [0.4, 0.5) is 5.69 Å². The van der Waals surface area contributed by atoms with E-state index in [-0.39, 0.29) is 34.0 Å². The van der Waals surface area contributed by atoms with E-state index in [0.29, 0.717) is 24.2 Å². The van der Waals surface area contributed by atoms with Crippen molar-refractivity contribution in [2.75, 3.05) is 7.05 Å². The number of nitro benzene ring substituents is 1. The largest absolute Gasteiger partial charge is 0.487 e. The van der Waals surface area contributed by atoms with Gasteiger partial charge in [-0.25, -0.2) is 0 Å². The molecule has 6 heteroatoms. The van der Waals surface area contributed by atoms with Gasteiger partial charge in [0.15, 0.2) is 0 Å². The topological polar surface area (TPSA) is 81.5 Å². The molecule has 1 N–H and O–H groups in total. The number of nitrogens with one attached hydrogen (secondary N) is 1. The smallest absolute Gasteiger partial charge is 0.273 e. The molecule has 112 valence electrons. The molecule has 1 aromatic rings. The summed E-state index contributed by atoms with van der Waals surface area (Å²) in [6.07, 6.45) is 1.32. The molecule has 2 atom stereocenters. The van der Waals surface area contributed by atoms with Gasteiger partial charge in [0, 0.05) is 42.5 Å². The first kappa shape index (κ1) is 13.9. The van der Waals surface area contributed by atoms with Gasteiger partial charge in [-0.2, -0.15) is 0 Å². The van der Waals surface area contributed by atoms with Gasteiger partial charge in [-0.15, -0.1) is 0 Å². The third kappa shape index (κ3) is 2.34. The summed E-state index contributed by atoms with van der Waals surface area (Å²) in [6.45, 7) is 3.92. The van der Waals surface area contributed by atoms with E-state index in [0.717, 1.165) is 5.56 Å². The van der Waals surface area contributed by atoms with Crippen LogP contribution in [-0.4, -0.2) is 23.5 Å². The average molecular weight is 290 g/mol. The Balaban J connectivity index is 1.98. The van der Waals surface area contributed by atoms with Crippen molar-refractivity contribution in [1.29, 1.82) is 0 Å². The van der Waals surface area contributed by atoms with Crippen LogP contribution in [0.5, 0.6) is 5.75 Å². The zero-order chi connectivity index (χ0) is 15.4. The van der Waals surface area contributed by atoms with Crippen LogP contribution in [0.3, 0.4) is 0 Å². The number of hydrogen-bond acceptors (Lipinski definition) is 4. The van der Waals surface area contributed by atoms with E-state index < -0.39 is 0 Å². The summed E-state index contributed by atoms with van der Waals surface area (Å²) in [5.74, 6) is 0.406. The summed E-state index contributed by atoms with van der Waals surface area (Å²) in [6, 6.07) is 3.37. The molecular formula is C15H18N2O4. The lowest BCUT2D eigenvalue weighted by Gasteiger charge is -2.16. The highest BCUT2D eigenvalue weighted by Crippen LogP contribution is 2.52. The van der Waals surface area contributed by atoms with E-state index in [1.165, 1.54) is 0 Å². The first-order chi connectivity index (χ1) is 9.82. The molecule has 1 heterocycles. The molecule has 0 aromatic heterocycles. The van der Waals surface area contributed by atoms with Crippen LogP contribution in [0.15, 0.2) is 12.1 Å². The number of nitro groups is 1. The fourth-order valence-electron chi connectivity index (χ4n) is 3.12. The van der Waals surface area contributed by atoms with Crippen molar-refractivity contribution in [3.05, 3.63) is 33.4 Å². The average Bonchev–Trinajstić information content (AvgIpc) is 3.12. The number of amides is 1. The van der Waals surface area contributed by atoms with Gasteiger partial charge in [0.2, 0.25) is 5.91 Å². The maximum atomic E-state index is 11.7. The van der Waals surface area contributed by atoms with Gasteiger partial charge < -0.3 is 10.1 Å². The van der Waals surface area contributed by atoms with E-state index in [4.69, 9.17) is 4.74 Å². The lowest BCUT2D eigenvalue weighted by molar-refractivity contribution is -0.385. The van der Waals surface area contributed by atoms with Crippen LogP contribution in [0.25, 0.3) is 0 Å². The minimum Gasteiger partial charge on any atom is -0.487 e. The zero-order valence-corrected chi connectivity index (χ0v) is 12.3. The fraction of sp³-hybridized carbons (Fsp3) is 0.533. The lowest BCUT2D eigenvalue weighted by Crippen LogP contribution is -2.24. The molecule has 0 spiro atoms. The molecular weight excluding hydrogens is 272 g/mol. The lowest BCUT2D eigenvalue weighted by atomic mass is 9.98. The van der Waals surface area contributed by atoms with Crippen molar-refractivity contribution in [2.24, 2.45) is 5.92 Å². The molecule has 1 aromatic carbocycles. The predicted octanol–water partition coefficient (Wildman–Crippen LogP) is 2.16. The summed E-state index contributed by atoms with van der Waals surface area (Å²) in [7, 11) is 1.58. The van der Waals surface area contributed by atoms with Crippen LogP contribution >= 0.6 is 0 Å². The predicted molar refractivity (Wildman–Crippen MR) is 76.4 cm³/mol. The van der Waals surface area contributed by atoms with Crippen molar-refractivity contribution in [2.45, 2.75) is 38.2 Å². The molecule has 0 bridgehead atoms. The Morgan fingerprint density at radius 1 is 1.48 bits per heavy atom. The Labute approximate surface area is 122 Å². The first-order valence-electron chi connectivity index (χ1n) is 7.04. The van der Waals surface area contributed by atoms with Gasteiger partial charge in [0.05, 0.1) is 4.92 Å². The molecule has 3 rings (SSSR count). The van der Waals surface area contributed by atoms with E-state index in [1.54, 1.807) is 19.2 Å². The quantitative estimate of drug-likeness (QED) is 0.683. The summed E-state index contributed by atoms with van der Waals surface area (Å²) < 4.78 is 5.85. The second-order valence-corrected chi connectivity index (χ2v) is 6.38. The Morgan fingerprint density at radius 2 is 2.19 bits per heavy atom. The first-order valence-corrected chi connectivity index (χ1v) is 7.04. The molecule has 2 aliphatic rings. The summed E-state index contributed by atoms with van der Waals surface area (Å²) in [5, 5.41) is 13.9. The number of nitrogens with zero attached hydrogens (tertiary/aromatic N) is 1. The third-order valence-electron chi connectivity index (χ3n) is 4.18. The van der Waals surface area contributed by atoms with Crippen molar-refractivity contribution in [3.8, 4) is 5.75 Å². The van der Waals surface area contributed by atoms with Crippen molar-refractivity contribution < 1.29 is 14.5 Å². The van der Waals surface area contributed by atoms with Crippen LogP contribution in [0.1, 0.15) is 37.3 Å². The number of benzene rings is 1. The Kier molecular flexibility index (Phi) is 2.93. The highest BCUT2D eigenvalue weighted by molar-refractivity contribution is 5.83. The van der Waals surface area contributed by atoms with E-state index in [9.17, 15) is 14.9 Å². The fourth-order valence-corrected chi connectivity index (χ4v) is 3.12. The second kappa shape index (κ2) is 4.44. The molecule has 0 radical (unpaired) electrons. The Morgan fingerprint density at radius 3 is 2.81 bits per heavy atom. The second-order valence-electron chi connectivity index (χ2n) is 6.38. The molecule has 1 amide bonds. The van der Waals surface area contributed by atoms with E-state index in [2.05, 4.69) is 5.32 Å². The molecule has 2 unspecified atom stereocenters. The maximum absolute atomic E-state index is 11.7. The maximum Gasteiger partial charge on any atom is 0.273 e. The van der Waals surface area contributed by atoms with Gasteiger partial charge in [-0.05, 0) is 26.3 Å². The number of ether oxygens (including phenoxy) is 1. The number of carbonyl (C=O) groups excluding carboxylic acids is 1. The number of fused-ring (bicyclic) bond motifs is 1. The molecule has 21 heavy (non-hydrogen) atoms. The minimum absolute atomic E-state index is 0.0592. The monoisotopic (exact) mass is 290 g/mol. The van der Waals surface area contributed by atoms with E-state index in [1.807, 2.05) is 13.8 Å². The number of carbonyl (C=O) groups is 1.